The lowest BCUT2D eigenvalue weighted by atomic mass is 9.98. The maximum Gasteiger partial charge on any atom is 0.196 e. The van der Waals surface area contributed by atoms with Crippen molar-refractivity contribution in [3.8, 4) is 11.5 Å². The van der Waals surface area contributed by atoms with Crippen LogP contribution in [0, 0.1) is 5.82 Å². The van der Waals surface area contributed by atoms with E-state index in [0.29, 0.717) is 28.2 Å². The fraction of sp³-hybridized carbons (Fsp3) is 0.118. The minimum absolute atomic E-state index is 0.126. The van der Waals surface area contributed by atoms with E-state index in [2.05, 4.69) is 0 Å². The van der Waals surface area contributed by atoms with Crippen molar-refractivity contribution in [1.82, 2.24) is 0 Å². The van der Waals surface area contributed by atoms with E-state index in [0.717, 1.165) is 0 Å². The fourth-order valence-corrected chi connectivity index (χ4v) is 2.24. The number of hydrogen-bond donors (Lipinski definition) is 0. The van der Waals surface area contributed by atoms with Gasteiger partial charge < -0.3 is 9.47 Å². The Bertz CT molecular complexity index is 735. The summed E-state index contributed by atoms with van der Waals surface area (Å²) in [6.07, 6.45) is 1.65. The highest BCUT2D eigenvalue weighted by Gasteiger charge is 2.23. The van der Waals surface area contributed by atoms with Crippen LogP contribution >= 0.6 is 0 Å². The molecule has 0 N–H and O–H groups in total. The van der Waals surface area contributed by atoms with Crippen LogP contribution in [-0.2, 0) is 0 Å². The van der Waals surface area contributed by atoms with E-state index in [1.807, 2.05) is 0 Å². The SMILES string of the molecule is COc1ccc2c(c1)C(=O)C(=Cc1cccc(F)c1)CO2. The van der Waals surface area contributed by atoms with Crippen molar-refractivity contribution >= 4 is 11.9 Å². The largest absolute Gasteiger partial charge is 0.497 e. The molecule has 0 saturated heterocycles. The van der Waals surface area contributed by atoms with Gasteiger partial charge in [-0.2, -0.15) is 0 Å². The van der Waals surface area contributed by atoms with Gasteiger partial charge in [0.2, 0.25) is 0 Å². The van der Waals surface area contributed by atoms with Crippen LogP contribution in [0.5, 0.6) is 11.5 Å². The van der Waals surface area contributed by atoms with Crippen molar-refractivity contribution < 1.29 is 18.7 Å². The van der Waals surface area contributed by atoms with Gasteiger partial charge in [0, 0.05) is 5.57 Å². The molecule has 0 unspecified atom stereocenters. The molecule has 0 bridgehead atoms. The van der Waals surface area contributed by atoms with Crippen LogP contribution in [-0.4, -0.2) is 19.5 Å². The fourth-order valence-electron chi connectivity index (χ4n) is 2.24. The van der Waals surface area contributed by atoms with Crippen LogP contribution in [0.15, 0.2) is 48.0 Å². The first-order valence-electron chi connectivity index (χ1n) is 6.49. The average molecular weight is 284 g/mol. The molecule has 0 spiro atoms. The summed E-state index contributed by atoms with van der Waals surface area (Å²) < 4.78 is 23.9. The number of fused-ring (bicyclic) bond motifs is 1. The maximum atomic E-state index is 13.2. The van der Waals surface area contributed by atoms with Crippen LogP contribution in [0.25, 0.3) is 6.08 Å². The highest BCUT2D eigenvalue weighted by Crippen LogP contribution is 2.31. The number of carbonyl (C=O) groups is 1. The monoisotopic (exact) mass is 284 g/mol. The normalized spacial score (nSPS) is 15.5. The molecule has 3 nitrogen and oxygen atoms in total. The van der Waals surface area contributed by atoms with Gasteiger partial charge in [-0.15, -0.1) is 0 Å². The number of methoxy groups -OCH3 is 1. The van der Waals surface area contributed by atoms with Gasteiger partial charge in [0.05, 0.1) is 12.7 Å². The molecule has 1 aliphatic rings. The molecule has 2 aromatic carbocycles. The molecule has 3 rings (SSSR count). The Kier molecular flexibility index (Phi) is 3.44. The zero-order valence-corrected chi connectivity index (χ0v) is 11.4. The minimum Gasteiger partial charge on any atom is -0.497 e. The van der Waals surface area contributed by atoms with Crippen molar-refractivity contribution in [2.75, 3.05) is 13.7 Å². The molecule has 106 valence electrons. The molecule has 0 atom stereocenters. The number of rotatable bonds is 2. The van der Waals surface area contributed by atoms with Gasteiger partial charge in [0.25, 0.3) is 0 Å². The molecule has 4 heteroatoms. The highest BCUT2D eigenvalue weighted by atomic mass is 19.1. The summed E-state index contributed by atoms with van der Waals surface area (Å²) in [7, 11) is 1.54. The Hall–Kier alpha value is -2.62. The third kappa shape index (κ3) is 2.65. The van der Waals surface area contributed by atoms with Crippen molar-refractivity contribution in [2.45, 2.75) is 0 Å². The van der Waals surface area contributed by atoms with E-state index < -0.39 is 0 Å². The van der Waals surface area contributed by atoms with Crippen LogP contribution in [0.3, 0.4) is 0 Å². The van der Waals surface area contributed by atoms with Crippen molar-refractivity contribution in [1.29, 1.82) is 0 Å². The summed E-state index contributed by atoms with van der Waals surface area (Å²) in [5, 5.41) is 0. The lowest BCUT2D eigenvalue weighted by Gasteiger charge is -2.19. The molecule has 0 fully saturated rings. The van der Waals surface area contributed by atoms with E-state index in [4.69, 9.17) is 9.47 Å². The first-order chi connectivity index (χ1) is 10.2. The number of halogens is 1. The van der Waals surface area contributed by atoms with Gasteiger partial charge in [0.15, 0.2) is 5.78 Å². The topological polar surface area (TPSA) is 35.5 Å². The van der Waals surface area contributed by atoms with Gasteiger partial charge >= 0.3 is 0 Å². The third-order valence-corrected chi connectivity index (χ3v) is 3.30. The van der Waals surface area contributed by atoms with Gasteiger partial charge in [-0.1, -0.05) is 12.1 Å². The molecule has 21 heavy (non-hydrogen) atoms. The van der Waals surface area contributed by atoms with Crippen LogP contribution in [0.4, 0.5) is 4.39 Å². The van der Waals surface area contributed by atoms with E-state index >= 15 is 0 Å². The maximum absolute atomic E-state index is 13.2. The molecule has 1 heterocycles. The van der Waals surface area contributed by atoms with Gasteiger partial charge in [-0.3, -0.25) is 4.79 Å². The van der Waals surface area contributed by atoms with E-state index in [9.17, 15) is 9.18 Å². The Morgan fingerprint density at radius 3 is 2.86 bits per heavy atom. The summed E-state index contributed by atoms with van der Waals surface area (Å²) in [5.74, 6) is 0.671. The molecule has 2 aromatic rings. The zero-order valence-electron chi connectivity index (χ0n) is 11.4. The van der Waals surface area contributed by atoms with E-state index in [1.54, 1.807) is 43.5 Å². The Labute approximate surface area is 121 Å². The summed E-state index contributed by atoms with van der Waals surface area (Å²) in [6, 6.07) is 11.2. The van der Waals surface area contributed by atoms with E-state index in [-0.39, 0.29) is 18.2 Å². The minimum atomic E-state index is -0.337. The standard InChI is InChI=1S/C17H13FO3/c1-20-14-5-6-16-15(9-14)17(19)12(10-21-16)7-11-3-2-4-13(18)8-11/h2-9H,10H2,1H3. The lowest BCUT2D eigenvalue weighted by Crippen LogP contribution is -2.19. The average Bonchev–Trinajstić information content (AvgIpc) is 2.50. The number of Topliss-reactive ketones (excluding diaryl/α,β-unsaturated/α-hetero) is 1. The molecule has 0 aromatic heterocycles. The van der Waals surface area contributed by atoms with Crippen molar-refractivity contribution in [3.63, 3.8) is 0 Å². The van der Waals surface area contributed by atoms with Gasteiger partial charge in [0.1, 0.15) is 23.9 Å². The Morgan fingerprint density at radius 2 is 2.10 bits per heavy atom. The first kappa shape index (κ1) is 13.4. The predicted octanol–water partition coefficient (Wildman–Crippen LogP) is 3.49. The van der Waals surface area contributed by atoms with Crippen LogP contribution < -0.4 is 9.47 Å². The molecule has 0 amide bonds. The zero-order chi connectivity index (χ0) is 14.8. The number of ether oxygens (including phenoxy) is 2. The smallest absolute Gasteiger partial charge is 0.196 e. The first-order valence-corrected chi connectivity index (χ1v) is 6.49. The highest BCUT2D eigenvalue weighted by molar-refractivity contribution is 6.14. The van der Waals surface area contributed by atoms with Crippen LogP contribution in [0.2, 0.25) is 0 Å². The van der Waals surface area contributed by atoms with E-state index in [1.165, 1.54) is 12.1 Å². The number of hydrogen-bond acceptors (Lipinski definition) is 3. The summed E-state index contributed by atoms with van der Waals surface area (Å²) >= 11 is 0. The second-order valence-electron chi connectivity index (χ2n) is 4.70. The number of carbonyl (C=O) groups excluding carboxylic acids is 1. The second-order valence-corrected chi connectivity index (χ2v) is 4.70. The van der Waals surface area contributed by atoms with Crippen molar-refractivity contribution in [2.24, 2.45) is 0 Å². The lowest BCUT2D eigenvalue weighted by molar-refractivity contribution is 0.100. The molecule has 0 aliphatic carbocycles. The third-order valence-electron chi connectivity index (χ3n) is 3.30. The molecule has 0 radical (unpaired) electrons. The quantitative estimate of drug-likeness (QED) is 0.792. The number of benzene rings is 2. The Balaban J connectivity index is 1.98. The summed E-state index contributed by atoms with van der Waals surface area (Å²) in [6.45, 7) is 0.175. The second kappa shape index (κ2) is 5.40. The van der Waals surface area contributed by atoms with Gasteiger partial charge in [-0.05, 0) is 42.0 Å². The Morgan fingerprint density at radius 1 is 1.24 bits per heavy atom. The molecular weight excluding hydrogens is 271 g/mol. The molecule has 0 saturated carbocycles. The van der Waals surface area contributed by atoms with Crippen LogP contribution in [0.1, 0.15) is 15.9 Å². The van der Waals surface area contributed by atoms with Gasteiger partial charge in [-0.25, -0.2) is 4.39 Å². The number of ketones is 1. The molecular formula is C17H13FO3. The van der Waals surface area contributed by atoms with Crippen molar-refractivity contribution in [3.05, 3.63) is 65.0 Å². The summed E-state index contributed by atoms with van der Waals surface area (Å²) in [4.78, 5) is 12.5. The summed E-state index contributed by atoms with van der Waals surface area (Å²) in [5.41, 5.74) is 1.58. The molecule has 1 aliphatic heterocycles. The predicted molar refractivity (Wildman–Crippen MR) is 77.2 cm³/mol.